The number of aliphatic hydroxyl groups is 1. The number of aromatic nitrogens is 2. The molecule has 0 bridgehead atoms. The Bertz CT molecular complexity index is 1110. The monoisotopic (exact) mass is 470 g/mol. The van der Waals surface area contributed by atoms with Crippen molar-refractivity contribution in [2.75, 3.05) is 20.3 Å². The Morgan fingerprint density at radius 1 is 1.24 bits per heavy atom. The molecule has 1 fully saturated rings. The van der Waals surface area contributed by atoms with E-state index in [1.54, 1.807) is 13.3 Å². The second-order valence-electron chi connectivity index (χ2n) is 8.42. The summed E-state index contributed by atoms with van der Waals surface area (Å²) in [5, 5.41) is 17.2. The van der Waals surface area contributed by atoms with Gasteiger partial charge in [0.1, 0.15) is 17.5 Å². The van der Waals surface area contributed by atoms with Crippen LogP contribution in [0.5, 0.6) is 0 Å². The molecule has 0 radical (unpaired) electrons. The molecule has 0 unspecified atom stereocenters. The van der Waals surface area contributed by atoms with Crippen LogP contribution in [0.15, 0.2) is 54.7 Å². The zero-order valence-electron chi connectivity index (χ0n) is 18.8. The molecule has 4 N–H and O–H groups in total. The maximum absolute atomic E-state index is 14.2. The van der Waals surface area contributed by atoms with E-state index in [0.29, 0.717) is 36.7 Å². The lowest BCUT2D eigenvalue weighted by Gasteiger charge is -2.22. The molecule has 1 amide bonds. The molecular formula is C25H28F2N4O3. The number of hydrogen-bond acceptors (Lipinski definition) is 5. The van der Waals surface area contributed by atoms with Crippen molar-refractivity contribution in [3.05, 3.63) is 77.6 Å². The van der Waals surface area contributed by atoms with Gasteiger partial charge in [0.05, 0.1) is 18.6 Å². The number of rotatable bonds is 9. The van der Waals surface area contributed by atoms with Crippen LogP contribution >= 0.6 is 0 Å². The summed E-state index contributed by atoms with van der Waals surface area (Å²) in [5.41, 5.74) is 1.88. The normalized spacial score (nSPS) is 22.1. The Hall–Kier alpha value is -3.14. The molecule has 34 heavy (non-hydrogen) atoms. The molecule has 0 aliphatic heterocycles. The van der Waals surface area contributed by atoms with Crippen molar-refractivity contribution in [2.45, 2.75) is 31.0 Å². The Labute approximate surface area is 196 Å². The smallest absolute Gasteiger partial charge is 0.225 e. The lowest BCUT2D eigenvalue weighted by atomic mass is 9.96. The summed E-state index contributed by atoms with van der Waals surface area (Å²) < 4.78 is 32.4. The number of ether oxygens (including phenoxy) is 1. The predicted molar refractivity (Wildman–Crippen MR) is 123 cm³/mol. The highest BCUT2D eigenvalue weighted by Crippen LogP contribution is 2.39. The summed E-state index contributed by atoms with van der Waals surface area (Å²) in [6, 6.07) is 12.7. The highest BCUT2D eigenvalue weighted by molar-refractivity contribution is 5.80. The van der Waals surface area contributed by atoms with Gasteiger partial charge >= 0.3 is 0 Å². The average Bonchev–Trinajstić information content (AvgIpc) is 3.43. The third-order valence-electron chi connectivity index (χ3n) is 6.24. The summed E-state index contributed by atoms with van der Waals surface area (Å²) in [7, 11) is 1.55. The van der Waals surface area contributed by atoms with Crippen LogP contribution in [0.25, 0.3) is 11.4 Å². The molecule has 0 spiro atoms. The van der Waals surface area contributed by atoms with Gasteiger partial charge in [-0.05, 0) is 12.5 Å². The first-order chi connectivity index (χ1) is 16.5. The number of methoxy groups -OCH3 is 1. The SMILES string of the molecule is COCCNC(=O)[C@H]1C[C@@H](NCc2ccc(F)cc2F)[C@H](c2cnc(-c3ccccc3)[nH]2)[C@@H]1O. The van der Waals surface area contributed by atoms with Crippen LogP contribution in [-0.2, 0) is 16.1 Å². The van der Waals surface area contributed by atoms with E-state index in [9.17, 15) is 18.7 Å². The Kier molecular flexibility index (Phi) is 7.66. The number of carbonyl (C=O) groups excluding carboxylic acids is 1. The summed E-state index contributed by atoms with van der Waals surface area (Å²) in [5.74, 6) is -2.06. The first-order valence-electron chi connectivity index (χ1n) is 11.2. The maximum Gasteiger partial charge on any atom is 0.225 e. The summed E-state index contributed by atoms with van der Waals surface area (Å²) in [6.07, 6.45) is 1.02. The van der Waals surface area contributed by atoms with E-state index < -0.39 is 29.6 Å². The molecular weight excluding hydrogens is 442 g/mol. The van der Waals surface area contributed by atoms with Gasteiger partial charge in [-0.15, -0.1) is 0 Å². The molecule has 180 valence electrons. The fourth-order valence-corrected chi connectivity index (χ4v) is 4.48. The standard InChI is InChI=1S/C25H28F2N4O3/c1-34-10-9-28-25(33)18-12-20(29-13-16-7-8-17(26)11-19(16)27)22(23(18)32)21-14-30-24(31-21)15-5-3-2-4-6-15/h2-8,11,14,18,20,22-23,29,32H,9-10,12-13H2,1H3,(H,28,33)(H,30,31)/t18-,20+,22+,23+/m0/s1. The quantitative estimate of drug-likeness (QED) is 0.361. The Morgan fingerprint density at radius 3 is 2.76 bits per heavy atom. The van der Waals surface area contributed by atoms with Crippen LogP contribution in [0, 0.1) is 17.6 Å². The van der Waals surface area contributed by atoms with Gasteiger partial charge in [0.2, 0.25) is 5.91 Å². The number of hydrogen-bond donors (Lipinski definition) is 4. The van der Waals surface area contributed by atoms with Crippen LogP contribution in [0.3, 0.4) is 0 Å². The van der Waals surface area contributed by atoms with Gasteiger partial charge in [0.25, 0.3) is 0 Å². The van der Waals surface area contributed by atoms with Crippen molar-refractivity contribution in [1.82, 2.24) is 20.6 Å². The van der Waals surface area contributed by atoms with Gasteiger partial charge in [-0.3, -0.25) is 4.79 Å². The second-order valence-corrected chi connectivity index (χ2v) is 8.42. The van der Waals surface area contributed by atoms with Crippen LogP contribution in [-0.4, -0.2) is 53.4 Å². The Balaban J connectivity index is 1.56. The molecule has 1 heterocycles. The predicted octanol–water partition coefficient (Wildman–Crippen LogP) is 2.74. The molecule has 9 heteroatoms. The molecule has 1 saturated carbocycles. The fourth-order valence-electron chi connectivity index (χ4n) is 4.48. The van der Waals surface area contributed by atoms with Crippen LogP contribution in [0.4, 0.5) is 8.78 Å². The summed E-state index contributed by atoms with van der Waals surface area (Å²) >= 11 is 0. The molecule has 7 nitrogen and oxygen atoms in total. The van der Waals surface area contributed by atoms with E-state index in [-0.39, 0.29) is 18.5 Å². The molecule has 1 aromatic heterocycles. The highest BCUT2D eigenvalue weighted by atomic mass is 19.1. The molecule has 1 aliphatic rings. The van der Waals surface area contributed by atoms with Gasteiger partial charge in [0, 0.05) is 61.2 Å². The molecule has 4 rings (SSSR count). The number of carbonyl (C=O) groups is 1. The minimum Gasteiger partial charge on any atom is -0.392 e. The first kappa shape index (κ1) is 24.0. The van der Waals surface area contributed by atoms with E-state index in [1.807, 2.05) is 30.3 Å². The number of nitrogens with zero attached hydrogens (tertiary/aromatic N) is 1. The average molecular weight is 471 g/mol. The van der Waals surface area contributed by atoms with Gasteiger partial charge in [0.15, 0.2) is 0 Å². The van der Waals surface area contributed by atoms with Crippen molar-refractivity contribution < 1.29 is 23.4 Å². The zero-order valence-corrected chi connectivity index (χ0v) is 18.8. The van der Waals surface area contributed by atoms with E-state index in [0.717, 1.165) is 11.6 Å². The van der Waals surface area contributed by atoms with Gasteiger partial charge in [-0.2, -0.15) is 0 Å². The summed E-state index contributed by atoms with van der Waals surface area (Å²) in [6.45, 7) is 0.826. The highest BCUT2D eigenvalue weighted by Gasteiger charge is 2.47. The first-order valence-corrected chi connectivity index (χ1v) is 11.2. The maximum atomic E-state index is 14.2. The largest absolute Gasteiger partial charge is 0.392 e. The minimum atomic E-state index is -0.984. The number of H-pyrrole nitrogens is 1. The molecule has 2 aromatic carbocycles. The number of halogens is 2. The van der Waals surface area contributed by atoms with Crippen molar-refractivity contribution in [2.24, 2.45) is 5.92 Å². The topological polar surface area (TPSA) is 99.3 Å². The number of amides is 1. The van der Waals surface area contributed by atoms with Gasteiger partial charge < -0.3 is 25.5 Å². The third-order valence-corrected chi connectivity index (χ3v) is 6.24. The van der Waals surface area contributed by atoms with Crippen molar-refractivity contribution in [3.8, 4) is 11.4 Å². The lowest BCUT2D eigenvalue weighted by molar-refractivity contribution is -0.127. The number of nitrogens with one attached hydrogen (secondary N) is 3. The van der Waals surface area contributed by atoms with E-state index in [4.69, 9.17) is 4.74 Å². The van der Waals surface area contributed by atoms with Crippen molar-refractivity contribution in [3.63, 3.8) is 0 Å². The minimum absolute atomic E-state index is 0.123. The molecule has 4 atom stereocenters. The van der Waals surface area contributed by atoms with Gasteiger partial charge in [-0.25, -0.2) is 13.8 Å². The fraction of sp³-hybridized carbons (Fsp3) is 0.360. The lowest BCUT2D eigenvalue weighted by Crippen LogP contribution is -2.37. The van der Waals surface area contributed by atoms with Crippen LogP contribution in [0.1, 0.15) is 23.6 Å². The van der Waals surface area contributed by atoms with E-state index >= 15 is 0 Å². The van der Waals surface area contributed by atoms with Crippen molar-refractivity contribution >= 4 is 5.91 Å². The summed E-state index contributed by atoms with van der Waals surface area (Å²) in [4.78, 5) is 20.5. The number of imidazole rings is 1. The number of benzene rings is 2. The van der Waals surface area contributed by atoms with E-state index in [2.05, 4.69) is 20.6 Å². The zero-order chi connectivity index (χ0) is 24.1. The number of aliphatic hydroxyl groups excluding tert-OH is 1. The Morgan fingerprint density at radius 2 is 2.03 bits per heavy atom. The number of aromatic amines is 1. The van der Waals surface area contributed by atoms with Gasteiger partial charge in [-0.1, -0.05) is 36.4 Å². The molecule has 0 saturated heterocycles. The third kappa shape index (κ3) is 5.32. The molecule has 3 aromatic rings. The van der Waals surface area contributed by atoms with E-state index in [1.165, 1.54) is 12.1 Å². The van der Waals surface area contributed by atoms with Crippen LogP contribution in [0.2, 0.25) is 0 Å². The van der Waals surface area contributed by atoms with Crippen molar-refractivity contribution in [1.29, 1.82) is 0 Å². The van der Waals surface area contributed by atoms with Crippen LogP contribution < -0.4 is 10.6 Å². The second kappa shape index (κ2) is 10.9. The molecule has 1 aliphatic carbocycles.